The van der Waals surface area contributed by atoms with Gasteiger partial charge in [0.25, 0.3) is 5.91 Å². The average molecular weight is 396 g/mol. The quantitative estimate of drug-likeness (QED) is 0.736. The van der Waals surface area contributed by atoms with E-state index in [0.29, 0.717) is 15.8 Å². The number of rotatable bonds is 5. The molecule has 4 nitrogen and oxygen atoms in total. The van der Waals surface area contributed by atoms with E-state index in [4.69, 9.17) is 16.3 Å². The van der Waals surface area contributed by atoms with Crippen LogP contribution in [0.15, 0.2) is 24.3 Å². The van der Waals surface area contributed by atoms with Gasteiger partial charge in [-0.25, -0.2) is 9.18 Å². The summed E-state index contributed by atoms with van der Waals surface area (Å²) in [6, 6.07) is 5.71. The zero-order valence-corrected chi connectivity index (χ0v) is 15.9. The maximum Gasteiger partial charge on any atom is 0.348 e. The average Bonchev–Trinajstić information content (AvgIpc) is 3.06. The van der Waals surface area contributed by atoms with Crippen molar-refractivity contribution in [2.45, 2.75) is 32.6 Å². The number of carbonyl (C=O) groups is 2. The molecule has 1 heterocycles. The molecule has 2 aromatic rings. The Labute approximate surface area is 160 Å². The number of thiophene rings is 1. The molecule has 1 aliphatic carbocycles. The van der Waals surface area contributed by atoms with Gasteiger partial charge in [-0.05, 0) is 55.0 Å². The largest absolute Gasteiger partial charge is 0.451 e. The molecular formula is C19H19ClFNO3S. The molecule has 1 aromatic carbocycles. The third kappa shape index (κ3) is 4.43. The van der Waals surface area contributed by atoms with E-state index >= 15 is 0 Å². The maximum absolute atomic E-state index is 13.6. The number of nitrogens with one attached hydrogen (secondary N) is 1. The van der Waals surface area contributed by atoms with Crippen molar-refractivity contribution in [1.29, 1.82) is 0 Å². The Kier molecular flexibility index (Phi) is 5.94. The fourth-order valence-corrected chi connectivity index (χ4v) is 4.30. The van der Waals surface area contributed by atoms with Crippen LogP contribution in [0.25, 0.3) is 0 Å². The van der Waals surface area contributed by atoms with E-state index in [1.807, 2.05) is 6.07 Å². The highest BCUT2D eigenvalue weighted by Gasteiger charge is 2.23. The fraction of sp³-hybridized carbons (Fsp3) is 0.368. The van der Waals surface area contributed by atoms with Crippen molar-refractivity contribution in [2.24, 2.45) is 5.92 Å². The maximum atomic E-state index is 13.6. The number of aryl methyl sites for hydroxylation is 1. The van der Waals surface area contributed by atoms with Gasteiger partial charge in [-0.2, -0.15) is 0 Å². The molecule has 1 aliphatic rings. The van der Waals surface area contributed by atoms with Crippen LogP contribution in [-0.2, 0) is 22.4 Å². The molecule has 3 rings (SSSR count). The van der Waals surface area contributed by atoms with Crippen LogP contribution in [-0.4, -0.2) is 18.5 Å². The predicted octanol–water partition coefficient (Wildman–Crippen LogP) is 4.85. The molecule has 0 aliphatic heterocycles. The van der Waals surface area contributed by atoms with E-state index in [1.165, 1.54) is 33.9 Å². The summed E-state index contributed by atoms with van der Waals surface area (Å²) in [5.41, 5.74) is 1.17. The molecule has 1 amide bonds. The van der Waals surface area contributed by atoms with E-state index < -0.39 is 24.3 Å². The Hall–Kier alpha value is -1.92. The predicted molar refractivity (Wildman–Crippen MR) is 100 cm³/mol. The Balaban J connectivity index is 1.56. The van der Waals surface area contributed by atoms with Crippen LogP contribution in [0.5, 0.6) is 0 Å². The smallest absolute Gasteiger partial charge is 0.348 e. The summed E-state index contributed by atoms with van der Waals surface area (Å²) in [5, 5.41) is 2.65. The first kappa shape index (κ1) is 18.9. The van der Waals surface area contributed by atoms with Crippen LogP contribution in [0, 0.1) is 11.7 Å². The number of hydrogen-bond donors (Lipinski definition) is 1. The summed E-state index contributed by atoms with van der Waals surface area (Å²) in [5.74, 6) is -1.09. The van der Waals surface area contributed by atoms with Crippen molar-refractivity contribution in [3.05, 3.63) is 50.4 Å². The van der Waals surface area contributed by atoms with E-state index in [2.05, 4.69) is 12.2 Å². The summed E-state index contributed by atoms with van der Waals surface area (Å²) < 4.78 is 18.7. The zero-order chi connectivity index (χ0) is 18.7. The lowest BCUT2D eigenvalue weighted by Gasteiger charge is -2.19. The minimum atomic E-state index is -0.619. The first-order chi connectivity index (χ1) is 12.5. The molecule has 1 N–H and O–H groups in total. The van der Waals surface area contributed by atoms with Crippen LogP contribution in [0.4, 0.5) is 10.1 Å². The summed E-state index contributed by atoms with van der Waals surface area (Å²) in [4.78, 5) is 25.8. The second kappa shape index (κ2) is 8.18. The van der Waals surface area contributed by atoms with Gasteiger partial charge < -0.3 is 10.1 Å². The lowest BCUT2D eigenvalue weighted by Crippen LogP contribution is -2.21. The van der Waals surface area contributed by atoms with Crippen molar-refractivity contribution >= 4 is 40.5 Å². The SMILES string of the molecule is CC[C@H]1CCc2sc(C(=O)OCC(=O)Nc3cc(Cl)ccc3F)cc2C1. The van der Waals surface area contributed by atoms with Gasteiger partial charge in [0.1, 0.15) is 10.7 Å². The van der Waals surface area contributed by atoms with E-state index in [9.17, 15) is 14.0 Å². The highest BCUT2D eigenvalue weighted by atomic mass is 35.5. The van der Waals surface area contributed by atoms with Crippen LogP contribution < -0.4 is 5.32 Å². The first-order valence-electron chi connectivity index (χ1n) is 8.50. The summed E-state index contributed by atoms with van der Waals surface area (Å²) in [6.07, 6.45) is 4.26. The highest BCUT2D eigenvalue weighted by molar-refractivity contribution is 7.14. The molecule has 1 atom stereocenters. The van der Waals surface area contributed by atoms with Gasteiger partial charge in [0.2, 0.25) is 0 Å². The number of anilines is 1. The highest BCUT2D eigenvalue weighted by Crippen LogP contribution is 2.33. The van der Waals surface area contributed by atoms with Crippen LogP contribution in [0.1, 0.15) is 39.9 Å². The number of benzene rings is 1. The van der Waals surface area contributed by atoms with Crippen LogP contribution >= 0.6 is 22.9 Å². The monoisotopic (exact) mass is 395 g/mol. The topological polar surface area (TPSA) is 55.4 Å². The third-order valence-corrected chi connectivity index (χ3v) is 5.95. The van der Waals surface area contributed by atoms with Crippen LogP contribution in [0.3, 0.4) is 0 Å². The number of amides is 1. The number of halogens is 2. The molecule has 0 saturated heterocycles. The molecule has 0 spiro atoms. The standard InChI is InChI=1S/C19H19ClFNO3S/c1-2-11-3-6-16-12(7-11)8-17(26-16)19(24)25-10-18(23)22-15-9-13(20)4-5-14(15)21/h4-5,8-9,11H,2-3,6-7,10H2,1H3,(H,22,23)/t11-/m0/s1. The van der Waals surface area contributed by atoms with E-state index in [0.717, 1.165) is 31.7 Å². The normalized spacial score (nSPS) is 16.0. The molecule has 7 heteroatoms. The number of carbonyl (C=O) groups excluding carboxylic acids is 2. The van der Waals surface area contributed by atoms with Crippen molar-refractivity contribution in [3.63, 3.8) is 0 Å². The van der Waals surface area contributed by atoms with Gasteiger partial charge in [0, 0.05) is 9.90 Å². The molecule has 0 radical (unpaired) electrons. The minimum absolute atomic E-state index is 0.0456. The van der Waals surface area contributed by atoms with Crippen molar-refractivity contribution in [2.75, 3.05) is 11.9 Å². The Bertz CT molecular complexity index is 836. The van der Waals surface area contributed by atoms with E-state index in [1.54, 1.807) is 0 Å². The Morgan fingerprint density at radius 2 is 2.19 bits per heavy atom. The van der Waals surface area contributed by atoms with Gasteiger partial charge in [-0.3, -0.25) is 4.79 Å². The van der Waals surface area contributed by atoms with Gasteiger partial charge >= 0.3 is 5.97 Å². The second-order valence-corrected chi connectivity index (χ2v) is 7.90. The molecule has 0 fully saturated rings. The number of ether oxygens (including phenoxy) is 1. The third-order valence-electron chi connectivity index (χ3n) is 4.50. The minimum Gasteiger partial charge on any atom is -0.451 e. The second-order valence-electron chi connectivity index (χ2n) is 6.32. The Morgan fingerprint density at radius 3 is 2.96 bits per heavy atom. The molecule has 138 valence electrons. The number of esters is 1. The van der Waals surface area contributed by atoms with E-state index in [-0.39, 0.29) is 5.69 Å². The van der Waals surface area contributed by atoms with Crippen molar-refractivity contribution in [3.8, 4) is 0 Å². The van der Waals surface area contributed by atoms with Crippen molar-refractivity contribution in [1.82, 2.24) is 0 Å². The Morgan fingerprint density at radius 1 is 1.38 bits per heavy atom. The molecule has 0 saturated carbocycles. The number of hydrogen-bond acceptors (Lipinski definition) is 4. The van der Waals surface area contributed by atoms with Gasteiger partial charge in [0.05, 0.1) is 5.69 Å². The van der Waals surface area contributed by atoms with Gasteiger partial charge in [-0.15, -0.1) is 11.3 Å². The molecule has 0 bridgehead atoms. The molecular weight excluding hydrogens is 377 g/mol. The zero-order valence-electron chi connectivity index (χ0n) is 14.3. The molecule has 1 aromatic heterocycles. The lowest BCUT2D eigenvalue weighted by molar-refractivity contribution is -0.119. The molecule has 26 heavy (non-hydrogen) atoms. The summed E-state index contributed by atoms with van der Waals surface area (Å²) in [7, 11) is 0. The summed E-state index contributed by atoms with van der Waals surface area (Å²) >= 11 is 7.21. The lowest BCUT2D eigenvalue weighted by atomic mass is 9.87. The van der Waals surface area contributed by atoms with Gasteiger partial charge in [-0.1, -0.05) is 24.9 Å². The fourth-order valence-electron chi connectivity index (χ4n) is 3.03. The molecule has 0 unspecified atom stereocenters. The number of fused-ring (bicyclic) bond motifs is 1. The first-order valence-corrected chi connectivity index (χ1v) is 9.69. The van der Waals surface area contributed by atoms with Gasteiger partial charge in [0.15, 0.2) is 6.61 Å². The van der Waals surface area contributed by atoms with Crippen molar-refractivity contribution < 1.29 is 18.7 Å². The summed E-state index contributed by atoms with van der Waals surface area (Å²) in [6.45, 7) is 1.70. The van der Waals surface area contributed by atoms with Crippen LogP contribution in [0.2, 0.25) is 5.02 Å².